The van der Waals surface area contributed by atoms with E-state index in [1.165, 1.54) is 11.8 Å². The van der Waals surface area contributed by atoms with Gasteiger partial charge in [0.1, 0.15) is 0 Å². The maximum Gasteiger partial charge on any atom is 0.318 e. The average molecular weight is 374 g/mol. The van der Waals surface area contributed by atoms with Crippen molar-refractivity contribution in [3.8, 4) is 11.3 Å². The number of nitrogens with zero attached hydrogens (tertiary/aromatic N) is 2. The van der Waals surface area contributed by atoms with Crippen LogP contribution >= 0.6 is 11.8 Å². The number of ether oxygens (including phenoxy) is 1. The molecule has 1 aliphatic heterocycles. The number of amides is 3. The number of carbonyl (C=O) groups is 2. The Bertz CT molecular complexity index is 772. The summed E-state index contributed by atoms with van der Waals surface area (Å²) in [7, 11) is 0. The zero-order valence-corrected chi connectivity index (χ0v) is 15.4. The van der Waals surface area contributed by atoms with E-state index in [2.05, 4.69) is 14.9 Å². The van der Waals surface area contributed by atoms with E-state index in [0.29, 0.717) is 11.7 Å². The Morgan fingerprint density at radius 1 is 1.42 bits per heavy atom. The van der Waals surface area contributed by atoms with Crippen molar-refractivity contribution in [2.45, 2.75) is 42.8 Å². The first-order valence-electron chi connectivity index (χ1n) is 8.54. The molecule has 3 N–H and O–H groups in total. The Kier molecular flexibility index (Phi) is 5.95. The average Bonchev–Trinajstić information content (AvgIpc) is 3.26. The first-order valence-corrected chi connectivity index (χ1v) is 9.42. The van der Waals surface area contributed by atoms with Crippen molar-refractivity contribution in [2.24, 2.45) is 5.73 Å². The summed E-state index contributed by atoms with van der Waals surface area (Å²) in [5, 5.41) is 2.32. The van der Waals surface area contributed by atoms with Crippen LogP contribution < -0.4 is 11.1 Å². The lowest BCUT2D eigenvalue weighted by Gasteiger charge is -2.17. The third-order valence-electron chi connectivity index (χ3n) is 4.20. The highest BCUT2D eigenvalue weighted by molar-refractivity contribution is 8.00. The molecule has 7 nitrogen and oxygen atoms in total. The minimum absolute atomic E-state index is 0.140. The van der Waals surface area contributed by atoms with Gasteiger partial charge in [-0.1, -0.05) is 42.1 Å². The molecule has 0 saturated carbocycles. The van der Waals surface area contributed by atoms with Gasteiger partial charge in [0.15, 0.2) is 5.16 Å². The Hall–Kier alpha value is -2.32. The third kappa shape index (κ3) is 4.44. The fourth-order valence-electron chi connectivity index (χ4n) is 2.90. The maximum absolute atomic E-state index is 12.0. The molecule has 0 radical (unpaired) electrons. The SMILES string of the molecule is CC(Sc1ncc(-c2ccccc2)n1CC1CCCO1)C(=O)NC(N)=O. The van der Waals surface area contributed by atoms with Crippen LogP contribution in [0.5, 0.6) is 0 Å². The summed E-state index contributed by atoms with van der Waals surface area (Å²) < 4.78 is 7.87. The minimum Gasteiger partial charge on any atom is -0.376 e. The number of primary amides is 1. The molecule has 2 aromatic rings. The van der Waals surface area contributed by atoms with E-state index < -0.39 is 17.2 Å². The van der Waals surface area contributed by atoms with E-state index in [9.17, 15) is 9.59 Å². The predicted molar refractivity (Wildman–Crippen MR) is 99.7 cm³/mol. The molecule has 8 heteroatoms. The highest BCUT2D eigenvalue weighted by Crippen LogP contribution is 2.30. The van der Waals surface area contributed by atoms with Crippen LogP contribution in [0.4, 0.5) is 4.79 Å². The minimum atomic E-state index is -0.852. The van der Waals surface area contributed by atoms with Gasteiger partial charge in [0, 0.05) is 6.61 Å². The quantitative estimate of drug-likeness (QED) is 0.757. The summed E-state index contributed by atoms with van der Waals surface area (Å²) in [6.45, 7) is 3.17. The first kappa shape index (κ1) is 18.5. The van der Waals surface area contributed by atoms with Crippen LogP contribution in [-0.4, -0.2) is 39.5 Å². The lowest BCUT2D eigenvalue weighted by molar-refractivity contribution is -0.119. The number of carbonyl (C=O) groups excluding carboxylic acids is 2. The predicted octanol–water partition coefficient (Wildman–Crippen LogP) is 2.40. The number of urea groups is 1. The molecule has 2 unspecified atom stereocenters. The van der Waals surface area contributed by atoms with Crippen molar-refractivity contribution in [1.82, 2.24) is 14.9 Å². The number of hydrogen-bond acceptors (Lipinski definition) is 5. The van der Waals surface area contributed by atoms with E-state index in [4.69, 9.17) is 10.5 Å². The molecule has 1 aliphatic rings. The van der Waals surface area contributed by atoms with E-state index in [-0.39, 0.29) is 6.10 Å². The molecule has 2 heterocycles. The molecule has 1 aromatic carbocycles. The molecule has 1 aromatic heterocycles. The summed E-state index contributed by atoms with van der Waals surface area (Å²) in [6, 6.07) is 9.13. The Balaban J connectivity index is 1.85. The summed E-state index contributed by atoms with van der Waals surface area (Å²) in [5.41, 5.74) is 7.06. The smallest absolute Gasteiger partial charge is 0.318 e. The highest BCUT2D eigenvalue weighted by Gasteiger charge is 2.23. The van der Waals surface area contributed by atoms with Crippen LogP contribution in [0.15, 0.2) is 41.7 Å². The third-order valence-corrected chi connectivity index (χ3v) is 5.30. The summed E-state index contributed by atoms with van der Waals surface area (Å²) in [5.74, 6) is -0.435. The first-order chi connectivity index (χ1) is 12.5. The van der Waals surface area contributed by atoms with Gasteiger partial charge < -0.3 is 15.0 Å². The van der Waals surface area contributed by atoms with Gasteiger partial charge in [-0.25, -0.2) is 9.78 Å². The fraction of sp³-hybridized carbons (Fsp3) is 0.389. The lowest BCUT2D eigenvalue weighted by atomic mass is 10.1. The van der Waals surface area contributed by atoms with E-state index in [0.717, 1.165) is 30.7 Å². The number of aromatic nitrogens is 2. The van der Waals surface area contributed by atoms with Gasteiger partial charge in [0.2, 0.25) is 5.91 Å². The van der Waals surface area contributed by atoms with Gasteiger partial charge in [-0.05, 0) is 25.3 Å². The number of benzene rings is 1. The van der Waals surface area contributed by atoms with Crippen LogP contribution in [0.3, 0.4) is 0 Å². The molecule has 1 saturated heterocycles. The number of hydrogen-bond donors (Lipinski definition) is 2. The Morgan fingerprint density at radius 2 is 2.19 bits per heavy atom. The van der Waals surface area contributed by atoms with Crippen LogP contribution in [0, 0.1) is 0 Å². The van der Waals surface area contributed by atoms with Gasteiger partial charge in [-0.2, -0.15) is 0 Å². The van der Waals surface area contributed by atoms with Gasteiger partial charge in [0.25, 0.3) is 0 Å². The van der Waals surface area contributed by atoms with Crippen molar-refractivity contribution in [1.29, 1.82) is 0 Å². The molecular weight excluding hydrogens is 352 g/mol. The topological polar surface area (TPSA) is 99.2 Å². The van der Waals surface area contributed by atoms with Gasteiger partial charge >= 0.3 is 6.03 Å². The molecule has 0 spiro atoms. The van der Waals surface area contributed by atoms with Crippen LogP contribution in [0.25, 0.3) is 11.3 Å². The van der Waals surface area contributed by atoms with Crippen LogP contribution in [-0.2, 0) is 16.1 Å². The summed E-state index contributed by atoms with van der Waals surface area (Å²) in [4.78, 5) is 27.4. The molecule has 138 valence electrons. The van der Waals surface area contributed by atoms with Crippen molar-refractivity contribution in [3.63, 3.8) is 0 Å². The van der Waals surface area contributed by atoms with Crippen LogP contribution in [0.2, 0.25) is 0 Å². The van der Waals surface area contributed by atoms with Gasteiger partial charge in [-0.15, -0.1) is 0 Å². The largest absolute Gasteiger partial charge is 0.376 e. The number of imide groups is 1. The van der Waals surface area contributed by atoms with Crippen molar-refractivity contribution in [3.05, 3.63) is 36.5 Å². The summed E-state index contributed by atoms with van der Waals surface area (Å²) in [6.07, 6.45) is 4.01. The molecule has 1 fully saturated rings. The number of imidazole rings is 1. The number of nitrogens with two attached hydrogens (primary N) is 1. The normalized spacial score (nSPS) is 17.8. The van der Waals surface area contributed by atoms with E-state index in [1.807, 2.05) is 36.5 Å². The molecule has 2 atom stereocenters. The standard InChI is InChI=1S/C18H22N4O3S/c1-12(16(23)21-17(19)24)26-18-20-10-15(13-6-3-2-4-7-13)22(18)11-14-8-5-9-25-14/h2-4,6-7,10,12,14H,5,8-9,11H2,1H3,(H3,19,21,23,24). The molecule has 3 amide bonds. The molecule has 0 bridgehead atoms. The second-order valence-electron chi connectivity index (χ2n) is 6.15. The Labute approximate surface area is 156 Å². The maximum atomic E-state index is 12.0. The second-order valence-corrected chi connectivity index (χ2v) is 7.46. The summed E-state index contributed by atoms with van der Waals surface area (Å²) >= 11 is 1.30. The number of rotatable bonds is 6. The zero-order valence-electron chi connectivity index (χ0n) is 14.6. The number of nitrogens with one attached hydrogen (secondary N) is 1. The van der Waals surface area contributed by atoms with E-state index >= 15 is 0 Å². The second kappa shape index (κ2) is 8.37. The van der Waals surface area contributed by atoms with E-state index in [1.54, 1.807) is 6.92 Å². The lowest BCUT2D eigenvalue weighted by Crippen LogP contribution is -2.39. The van der Waals surface area contributed by atoms with Gasteiger partial charge in [-0.3, -0.25) is 10.1 Å². The molecular formula is C18H22N4O3S. The molecule has 26 heavy (non-hydrogen) atoms. The number of thioether (sulfide) groups is 1. The van der Waals surface area contributed by atoms with Crippen LogP contribution in [0.1, 0.15) is 19.8 Å². The Morgan fingerprint density at radius 3 is 2.85 bits per heavy atom. The zero-order chi connectivity index (χ0) is 18.5. The molecule has 0 aliphatic carbocycles. The van der Waals surface area contributed by atoms with Crippen molar-refractivity contribution >= 4 is 23.7 Å². The highest BCUT2D eigenvalue weighted by atomic mass is 32.2. The van der Waals surface area contributed by atoms with Crippen molar-refractivity contribution < 1.29 is 14.3 Å². The van der Waals surface area contributed by atoms with Gasteiger partial charge in [0.05, 0.1) is 29.8 Å². The van der Waals surface area contributed by atoms with Crippen molar-refractivity contribution in [2.75, 3.05) is 6.61 Å². The molecule has 3 rings (SSSR count). The fourth-order valence-corrected chi connectivity index (χ4v) is 3.79. The monoisotopic (exact) mass is 374 g/mol.